The fourth-order valence-electron chi connectivity index (χ4n) is 1.79. The molecular weight excluding hydrogens is 308 g/mol. The average Bonchev–Trinajstić information content (AvgIpc) is 2.97. The summed E-state index contributed by atoms with van der Waals surface area (Å²) in [5.41, 5.74) is 2.51. The third-order valence-electron chi connectivity index (χ3n) is 2.80. The van der Waals surface area contributed by atoms with Gasteiger partial charge in [-0.15, -0.1) is 22.9 Å². The third kappa shape index (κ3) is 4.52. The first kappa shape index (κ1) is 15.9. The van der Waals surface area contributed by atoms with E-state index in [0.29, 0.717) is 25.5 Å². The Bertz CT molecular complexity index is 601. The number of rotatable bonds is 7. The fourth-order valence-corrected chi connectivity index (χ4v) is 2.88. The van der Waals surface area contributed by atoms with Gasteiger partial charge < -0.3 is 10.1 Å². The molecule has 0 aliphatic heterocycles. The number of alkyl halides is 1. The molecule has 6 heteroatoms. The van der Waals surface area contributed by atoms with E-state index < -0.39 is 0 Å². The van der Waals surface area contributed by atoms with Gasteiger partial charge in [0, 0.05) is 17.6 Å². The molecule has 21 heavy (non-hydrogen) atoms. The van der Waals surface area contributed by atoms with Crippen LogP contribution in [-0.4, -0.2) is 24.1 Å². The van der Waals surface area contributed by atoms with Gasteiger partial charge in [0.25, 0.3) is 0 Å². The van der Waals surface area contributed by atoms with Crippen molar-refractivity contribution >= 4 is 34.5 Å². The van der Waals surface area contributed by atoms with Crippen molar-refractivity contribution in [3.05, 3.63) is 35.3 Å². The van der Waals surface area contributed by atoms with Gasteiger partial charge in [0.1, 0.15) is 5.01 Å². The Morgan fingerprint density at radius 3 is 2.95 bits per heavy atom. The lowest BCUT2D eigenvalue weighted by Crippen LogP contribution is -2.14. The van der Waals surface area contributed by atoms with Crippen molar-refractivity contribution in [2.75, 3.05) is 18.5 Å². The zero-order valence-electron chi connectivity index (χ0n) is 11.8. The summed E-state index contributed by atoms with van der Waals surface area (Å²) in [5, 5.41) is 5.69. The molecule has 0 saturated heterocycles. The molecule has 0 bridgehead atoms. The Kier molecular flexibility index (Phi) is 6.17. The first-order valence-electron chi connectivity index (χ1n) is 6.72. The van der Waals surface area contributed by atoms with Crippen LogP contribution in [0.2, 0.25) is 0 Å². The minimum absolute atomic E-state index is 0.0648. The van der Waals surface area contributed by atoms with Crippen LogP contribution >= 0.6 is 22.9 Å². The van der Waals surface area contributed by atoms with E-state index >= 15 is 0 Å². The Balaban J connectivity index is 2.11. The number of para-hydroxylation sites is 1. The van der Waals surface area contributed by atoms with E-state index in [1.54, 1.807) is 0 Å². The predicted octanol–water partition coefficient (Wildman–Crippen LogP) is 3.91. The number of halogens is 1. The largest absolute Gasteiger partial charge is 0.381 e. The van der Waals surface area contributed by atoms with Crippen LogP contribution in [0.3, 0.4) is 0 Å². The van der Waals surface area contributed by atoms with Gasteiger partial charge in [0.15, 0.2) is 0 Å². The summed E-state index contributed by atoms with van der Waals surface area (Å²) in [6.45, 7) is 2.95. The number of hydrogen-bond donors (Lipinski definition) is 1. The summed E-state index contributed by atoms with van der Waals surface area (Å²) in [5.74, 6) is 0.323. The maximum atomic E-state index is 11.9. The molecule has 0 fully saturated rings. The van der Waals surface area contributed by atoms with Crippen LogP contribution in [0.5, 0.6) is 0 Å². The lowest BCUT2D eigenvalue weighted by molar-refractivity contribution is -0.117. The van der Waals surface area contributed by atoms with Crippen LogP contribution < -0.4 is 5.32 Å². The SMILES string of the molecule is CCOCCC(=O)Nc1ccccc1-c1nc(CCl)cs1. The number of amides is 1. The van der Waals surface area contributed by atoms with Crippen LogP contribution in [0.15, 0.2) is 29.6 Å². The van der Waals surface area contributed by atoms with Gasteiger partial charge in [-0.1, -0.05) is 12.1 Å². The summed E-state index contributed by atoms with van der Waals surface area (Å²) in [6, 6.07) is 7.62. The first-order valence-corrected chi connectivity index (χ1v) is 8.13. The van der Waals surface area contributed by atoms with E-state index in [4.69, 9.17) is 16.3 Å². The molecule has 112 valence electrons. The fraction of sp³-hybridized carbons (Fsp3) is 0.333. The van der Waals surface area contributed by atoms with Crippen LogP contribution in [0.25, 0.3) is 10.6 Å². The van der Waals surface area contributed by atoms with E-state index in [-0.39, 0.29) is 5.91 Å². The van der Waals surface area contributed by atoms with Gasteiger partial charge >= 0.3 is 0 Å². The molecular formula is C15H17ClN2O2S. The van der Waals surface area contributed by atoms with Crippen LogP contribution in [-0.2, 0) is 15.4 Å². The third-order valence-corrected chi connectivity index (χ3v) is 4.00. The Labute approximate surface area is 133 Å². The molecule has 0 radical (unpaired) electrons. The van der Waals surface area contributed by atoms with Gasteiger partial charge in [-0.3, -0.25) is 4.79 Å². The normalized spacial score (nSPS) is 10.6. The van der Waals surface area contributed by atoms with E-state index in [2.05, 4.69) is 10.3 Å². The van der Waals surface area contributed by atoms with Gasteiger partial charge in [0.2, 0.25) is 5.91 Å². The maximum Gasteiger partial charge on any atom is 0.226 e. The number of ether oxygens (including phenoxy) is 1. The number of nitrogens with one attached hydrogen (secondary N) is 1. The van der Waals surface area contributed by atoms with Crippen LogP contribution in [0.4, 0.5) is 5.69 Å². The van der Waals surface area contributed by atoms with Crippen LogP contribution in [0, 0.1) is 0 Å². The minimum atomic E-state index is -0.0648. The molecule has 1 aromatic heterocycles. The molecule has 1 amide bonds. The summed E-state index contributed by atoms with van der Waals surface area (Å²) in [6.07, 6.45) is 0.340. The van der Waals surface area contributed by atoms with Crippen molar-refractivity contribution in [3.63, 3.8) is 0 Å². The summed E-state index contributed by atoms with van der Waals surface area (Å²) >= 11 is 7.30. The molecule has 0 aliphatic rings. The summed E-state index contributed by atoms with van der Waals surface area (Å²) < 4.78 is 5.19. The number of carbonyl (C=O) groups excluding carboxylic acids is 1. The molecule has 0 atom stereocenters. The smallest absolute Gasteiger partial charge is 0.226 e. The van der Waals surface area contributed by atoms with E-state index in [0.717, 1.165) is 22.0 Å². The lowest BCUT2D eigenvalue weighted by Gasteiger charge is -2.09. The molecule has 0 spiro atoms. The Morgan fingerprint density at radius 2 is 2.24 bits per heavy atom. The highest BCUT2D eigenvalue weighted by Gasteiger charge is 2.11. The minimum Gasteiger partial charge on any atom is -0.381 e. The zero-order valence-corrected chi connectivity index (χ0v) is 13.3. The Hall–Kier alpha value is -1.43. The molecule has 0 saturated carbocycles. The number of nitrogens with zero attached hydrogens (tertiary/aromatic N) is 1. The van der Waals surface area contributed by atoms with E-state index in [1.807, 2.05) is 36.6 Å². The van der Waals surface area contributed by atoms with Crippen molar-refractivity contribution in [1.82, 2.24) is 4.98 Å². The standard InChI is InChI=1S/C15H17ClN2O2S/c1-2-20-8-7-14(19)18-13-6-4-3-5-12(13)15-17-11(9-16)10-21-15/h3-6,10H,2,7-9H2,1H3,(H,18,19). The van der Waals surface area contributed by atoms with Gasteiger partial charge in [0.05, 0.1) is 30.3 Å². The topological polar surface area (TPSA) is 51.2 Å². The number of thiazole rings is 1. The maximum absolute atomic E-state index is 11.9. The predicted molar refractivity (Wildman–Crippen MR) is 86.8 cm³/mol. The number of hydrogen-bond acceptors (Lipinski definition) is 4. The Morgan fingerprint density at radius 1 is 1.43 bits per heavy atom. The molecule has 2 rings (SSSR count). The average molecular weight is 325 g/mol. The highest BCUT2D eigenvalue weighted by atomic mass is 35.5. The van der Waals surface area contributed by atoms with Gasteiger partial charge in [-0.05, 0) is 19.1 Å². The number of carbonyl (C=O) groups is 1. The molecule has 1 heterocycles. The van der Waals surface area contributed by atoms with Crippen molar-refractivity contribution < 1.29 is 9.53 Å². The second kappa shape index (κ2) is 8.12. The van der Waals surface area contributed by atoms with Crippen molar-refractivity contribution in [2.24, 2.45) is 0 Å². The zero-order chi connectivity index (χ0) is 15.1. The lowest BCUT2D eigenvalue weighted by atomic mass is 10.2. The molecule has 0 unspecified atom stereocenters. The quantitative estimate of drug-likeness (QED) is 0.620. The second-order valence-electron chi connectivity index (χ2n) is 4.32. The molecule has 0 aliphatic carbocycles. The number of anilines is 1. The highest BCUT2D eigenvalue weighted by molar-refractivity contribution is 7.13. The number of benzene rings is 1. The van der Waals surface area contributed by atoms with E-state index in [9.17, 15) is 4.79 Å². The molecule has 2 aromatic rings. The first-order chi connectivity index (χ1) is 10.2. The van der Waals surface area contributed by atoms with Crippen molar-refractivity contribution in [3.8, 4) is 10.6 Å². The highest BCUT2D eigenvalue weighted by Crippen LogP contribution is 2.30. The monoisotopic (exact) mass is 324 g/mol. The summed E-state index contributed by atoms with van der Waals surface area (Å²) in [4.78, 5) is 16.4. The molecule has 1 aromatic carbocycles. The van der Waals surface area contributed by atoms with Gasteiger partial charge in [-0.25, -0.2) is 4.98 Å². The summed E-state index contributed by atoms with van der Waals surface area (Å²) in [7, 11) is 0. The van der Waals surface area contributed by atoms with Gasteiger partial charge in [-0.2, -0.15) is 0 Å². The van der Waals surface area contributed by atoms with Crippen molar-refractivity contribution in [1.29, 1.82) is 0 Å². The second-order valence-corrected chi connectivity index (χ2v) is 5.44. The molecule has 1 N–H and O–H groups in total. The van der Waals surface area contributed by atoms with Crippen LogP contribution in [0.1, 0.15) is 19.0 Å². The van der Waals surface area contributed by atoms with E-state index in [1.165, 1.54) is 11.3 Å². The molecule has 4 nitrogen and oxygen atoms in total. The number of aromatic nitrogens is 1. The van der Waals surface area contributed by atoms with Crippen molar-refractivity contribution in [2.45, 2.75) is 19.2 Å².